The third-order valence-electron chi connectivity index (χ3n) is 4.70. The standard InChI is InChI=1S/C19H20F4N4O2.ClH/c20-17(21)14-5-3-13(4-6-14)11-29-18(28)27-9-7-15(19(22,23)12-27)10-24-16-2-1-8-25-26-16;/h1-6,8,15,17H,7,9-12H2,(H,24,26);1H/t15-;/m1./s1. The monoisotopic (exact) mass is 448 g/mol. The van der Waals surface area contributed by atoms with Crippen molar-refractivity contribution < 1.29 is 27.1 Å². The number of hydrogen-bond donors (Lipinski definition) is 1. The van der Waals surface area contributed by atoms with Gasteiger partial charge in [-0.15, -0.1) is 17.5 Å². The summed E-state index contributed by atoms with van der Waals surface area (Å²) in [6.07, 6.45) is -1.86. The number of nitrogens with zero attached hydrogens (tertiary/aromatic N) is 3. The van der Waals surface area contributed by atoms with Crippen molar-refractivity contribution in [2.75, 3.05) is 25.0 Å². The summed E-state index contributed by atoms with van der Waals surface area (Å²) in [5.74, 6) is -3.65. The number of anilines is 1. The van der Waals surface area contributed by atoms with E-state index in [1.54, 1.807) is 12.1 Å². The first-order chi connectivity index (χ1) is 13.8. The molecule has 1 aromatic carbocycles. The van der Waals surface area contributed by atoms with Crippen LogP contribution in [0.1, 0.15) is 24.0 Å². The van der Waals surface area contributed by atoms with Crippen LogP contribution in [0.3, 0.4) is 0 Å². The number of rotatable bonds is 6. The summed E-state index contributed by atoms with van der Waals surface area (Å²) < 4.78 is 59.1. The Labute approximate surface area is 177 Å². The first-order valence-electron chi connectivity index (χ1n) is 9.03. The van der Waals surface area contributed by atoms with Crippen LogP contribution in [0.5, 0.6) is 0 Å². The molecule has 0 bridgehead atoms. The molecule has 164 valence electrons. The third kappa shape index (κ3) is 6.19. The number of nitrogens with one attached hydrogen (secondary N) is 1. The molecular formula is C19H21ClF4N4O2. The van der Waals surface area contributed by atoms with Crippen molar-refractivity contribution in [1.82, 2.24) is 15.1 Å². The van der Waals surface area contributed by atoms with E-state index in [4.69, 9.17) is 4.74 Å². The highest BCUT2D eigenvalue weighted by atomic mass is 35.5. The Morgan fingerprint density at radius 2 is 2.00 bits per heavy atom. The molecule has 1 fully saturated rings. The van der Waals surface area contributed by atoms with Crippen molar-refractivity contribution in [3.8, 4) is 0 Å². The third-order valence-corrected chi connectivity index (χ3v) is 4.70. The number of hydrogen-bond acceptors (Lipinski definition) is 5. The highest BCUT2D eigenvalue weighted by Crippen LogP contribution is 2.33. The number of likely N-dealkylation sites (tertiary alicyclic amines) is 1. The Morgan fingerprint density at radius 1 is 1.27 bits per heavy atom. The van der Waals surface area contributed by atoms with E-state index in [1.165, 1.54) is 30.5 Å². The zero-order valence-electron chi connectivity index (χ0n) is 15.8. The van der Waals surface area contributed by atoms with E-state index < -0.39 is 30.9 Å². The Hall–Kier alpha value is -2.62. The van der Waals surface area contributed by atoms with Crippen molar-refractivity contribution in [3.05, 3.63) is 53.7 Å². The fourth-order valence-corrected chi connectivity index (χ4v) is 3.01. The van der Waals surface area contributed by atoms with Gasteiger partial charge in [0.15, 0.2) is 0 Å². The van der Waals surface area contributed by atoms with Crippen LogP contribution in [0.4, 0.5) is 28.2 Å². The molecule has 0 radical (unpaired) electrons. The smallest absolute Gasteiger partial charge is 0.410 e. The fourth-order valence-electron chi connectivity index (χ4n) is 3.01. The first-order valence-corrected chi connectivity index (χ1v) is 9.03. The molecule has 3 rings (SSSR count). The topological polar surface area (TPSA) is 67.3 Å². The van der Waals surface area contributed by atoms with Crippen LogP contribution >= 0.6 is 12.4 Å². The van der Waals surface area contributed by atoms with E-state index >= 15 is 0 Å². The van der Waals surface area contributed by atoms with Crippen LogP contribution in [0.15, 0.2) is 42.6 Å². The first kappa shape index (κ1) is 23.7. The van der Waals surface area contributed by atoms with Gasteiger partial charge >= 0.3 is 6.09 Å². The molecule has 30 heavy (non-hydrogen) atoms. The molecule has 0 saturated carbocycles. The van der Waals surface area contributed by atoms with Crippen LogP contribution in [0.2, 0.25) is 0 Å². The van der Waals surface area contributed by atoms with Gasteiger partial charge < -0.3 is 15.0 Å². The maximum atomic E-state index is 14.5. The van der Waals surface area contributed by atoms with E-state index in [9.17, 15) is 22.4 Å². The van der Waals surface area contributed by atoms with Gasteiger partial charge in [0.1, 0.15) is 12.4 Å². The van der Waals surface area contributed by atoms with Gasteiger partial charge in [-0.2, -0.15) is 5.10 Å². The highest BCUT2D eigenvalue weighted by Gasteiger charge is 2.46. The van der Waals surface area contributed by atoms with Crippen molar-refractivity contribution in [2.24, 2.45) is 5.92 Å². The SMILES string of the molecule is Cl.O=C(OCc1ccc(C(F)F)cc1)N1CC[C@H](CNc2cccnn2)C(F)(F)C1. The number of alkyl halides is 4. The van der Waals surface area contributed by atoms with Crippen LogP contribution in [0.25, 0.3) is 0 Å². The van der Waals surface area contributed by atoms with Gasteiger partial charge in [0.05, 0.1) is 6.54 Å². The lowest BCUT2D eigenvalue weighted by molar-refractivity contribution is -0.101. The molecule has 2 aromatic rings. The average Bonchev–Trinajstić information content (AvgIpc) is 2.71. The Bertz CT molecular complexity index is 812. The number of aromatic nitrogens is 2. The van der Waals surface area contributed by atoms with Crippen LogP contribution in [-0.4, -0.2) is 46.7 Å². The summed E-state index contributed by atoms with van der Waals surface area (Å²) in [4.78, 5) is 13.1. The molecule has 6 nitrogen and oxygen atoms in total. The second-order valence-electron chi connectivity index (χ2n) is 6.75. The molecule has 1 aliphatic heterocycles. The molecular weight excluding hydrogens is 428 g/mol. The normalized spacial score (nSPS) is 17.9. The Kier molecular flexibility index (Phi) is 8.22. The summed E-state index contributed by atoms with van der Waals surface area (Å²) in [6, 6.07) is 8.56. The summed E-state index contributed by atoms with van der Waals surface area (Å²) in [5.41, 5.74) is 0.356. The molecule has 1 aromatic heterocycles. The summed E-state index contributed by atoms with van der Waals surface area (Å²) in [7, 11) is 0. The molecule has 1 aliphatic rings. The molecule has 1 atom stereocenters. The minimum atomic E-state index is -3.09. The molecule has 1 N–H and O–H groups in total. The second-order valence-corrected chi connectivity index (χ2v) is 6.75. The number of amides is 1. The van der Waals surface area contributed by atoms with Crippen molar-refractivity contribution in [1.29, 1.82) is 0 Å². The zero-order valence-corrected chi connectivity index (χ0v) is 16.6. The van der Waals surface area contributed by atoms with E-state index in [0.29, 0.717) is 11.4 Å². The van der Waals surface area contributed by atoms with Crippen LogP contribution < -0.4 is 5.32 Å². The number of piperidine rings is 1. The lowest BCUT2D eigenvalue weighted by Gasteiger charge is -2.37. The van der Waals surface area contributed by atoms with Crippen LogP contribution in [-0.2, 0) is 11.3 Å². The quantitative estimate of drug-likeness (QED) is 0.657. The molecule has 0 spiro atoms. The van der Waals surface area contributed by atoms with Gasteiger partial charge in [-0.05, 0) is 24.1 Å². The molecule has 2 heterocycles. The molecule has 1 amide bonds. The van der Waals surface area contributed by atoms with E-state index in [-0.39, 0.29) is 44.1 Å². The summed E-state index contributed by atoms with van der Waals surface area (Å²) >= 11 is 0. The van der Waals surface area contributed by atoms with Gasteiger partial charge in [0, 0.05) is 30.8 Å². The summed E-state index contributed by atoms with van der Waals surface area (Å²) in [6.45, 7) is -0.790. The number of ether oxygens (including phenoxy) is 1. The van der Waals surface area contributed by atoms with E-state index in [1.807, 2.05) is 0 Å². The van der Waals surface area contributed by atoms with Gasteiger partial charge in [0.25, 0.3) is 12.3 Å². The largest absolute Gasteiger partial charge is 0.445 e. The van der Waals surface area contributed by atoms with E-state index in [2.05, 4.69) is 15.5 Å². The maximum Gasteiger partial charge on any atom is 0.410 e. The Balaban J connectivity index is 0.00000320. The highest BCUT2D eigenvalue weighted by molar-refractivity contribution is 5.85. The number of carbonyl (C=O) groups is 1. The van der Waals surface area contributed by atoms with E-state index in [0.717, 1.165) is 4.90 Å². The molecule has 0 unspecified atom stereocenters. The lowest BCUT2D eigenvalue weighted by Crippen LogP contribution is -2.52. The number of carbonyl (C=O) groups excluding carboxylic acids is 1. The predicted molar refractivity (Wildman–Crippen MR) is 104 cm³/mol. The van der Waals surface area contributed by atoms with Gasteiger partial charge in [-0.1, -0.05) is 24.3 Å². The molecule has 1 saturated heterocycles. The van der Waals surface area contributed by atoms with Crippen molar-refractivity contribution in [2.45, 2.75) is 25.4 Å². The fraction of sp³-hybridized carbons (Fsp3) is 0.421. The average molecular weight is 449 g/mol. The predicted octanol–water partition coefficient (Wildman–Crippen LogP) is 4.54. The van der Waals surface area contributed by atoms with Crippen molar-refractivity contribution >= 4 is 24.3 Å². The van der Waals surface area contributed by atoms with Crippen molar-refractivity contribution in [3.63, 3.8) is 0 Å². The Morgan fingerprint density at radius 3 is 2.60 bits per heavy atom. The zero-order chi connectivity index (χ0) is 20.9. The minimum absolute atomic E-state index is 0. The number of benzene rings is 1. The second kappa shape index (κ2) is 10.4. The number of halogens is 5. The molecule has 0 aliphatic carbocycles. The lowest BCUT2D eigenvalue weighted by atomic mass is 9.93. The maximum absolute atomic E-state index is 14.5. The molecule has 11 heteroatoms. The van der Waals surface area contributed by atoms with Gasteiger partial charge in [-0.3, -0.25) is 0 Å². The summed E-state index contributed by atoms with van der Waals surface area (Å²) in [5, 5.41) is 10.3. The van der Waals surface area contributed by atoms with Gasteiger partial charge in [-0.25, -0.2) is 22.4 Å². The minimum Gasteiger partial charge on any atom is -0.445 e. The van der Waals surface area contributed by atoms with Crippen LogP contribution in [0, 0.1) is 5.92 Å². The van der Waals surface area contributed by atoms with Gasteiger partial charge in [0.2, 0.25) is 0 Å².